The fraction of sp³-hybridized carbons (Fsp3) is 0.455. The lowest BCUT2D eigenvalue weighted by atomic mass is 10.3. The van der Waals surface area contributed by atoms with Crippen molar-refractivity contribution in [3.63, 3.8) is 0 Å². The number of methoxy groups -OCH3 is 1. The largest absolute Gasteiger partial charge is 0.469 e. The molecule has 104 valence electrons. The monoisotopic (exact) mass is 302 g/mol. The van der Waals surface area contributed by atoms with Gasteiger partial charge in [0.25, 0.3) is 0 Å². The molecule has 1 atom stereocenters. The third-order valence-corrected chi connectivity index (χ3v) is 5.65. The first kappa shape index (κ1) is 14.0. The number of imidazole rings is 1. The minimum Gasteiger partial charge on any atom is -0.469 e. The van der Waals surface area contributed by atoms with Crippen LogP contribution in [-0.4, -0.2) is 36.1 Å². The minimum absolute atomic E-state index is 0.138. The quantitative estimate of drug-likeness (QED) is 0.777. The molecule has 0 fully saturated rings. The number of sulfone groups is 1. The maximum Gasteiger partial charge on any atom is 0.306 e. The van der Waals surface area contributed by atoms with Crippen molar-refractivity contribution in [2.75, 3.05) is 7.11 Å². The van der Waals surface area contributed by atoms with E-state index in [4.69, 9.17) is 0 Å². The Morgan fingerprint density at radius 1 is 1.58 bits per heavy atom. The van der Waals surface area contributed by atoms with Crippen molar-refractivity contribution in [3.05, 3.63) is 23.5 Å². The summed E-state index contributed by atoms with van der Waals surface area (Å²) in [7, 11) is -2.17. The SMILES string of the molecule is COC(=O)CC(C)S(=O)(=O)Cc1cn2ccsc2n1. The highest BCUT2D eigenvalue weighted by atomic mass is 32.2. The van der Waals surface area contributed by atoms with E-state index in [2.05, 4.69) is 9.72 Å². The predicted molar refractivity (Wildman–Crippen MR) is 71.8 cm³/mol. The summed E-state index contributed by atoms with van der Waals surface area (Å²) < 4.78 is 30.5. The van der Waals surface area contributed by atoms with E-state index in [0.717, 1.165) is 4.96 Å². The van der Waals surface area contributed by atoms with E-state index in [1.165, 1.54) is 25.4 Å². The Hall–Kier alpha value is -1.41. The number of rotatable bonds is 5. The van der Waals surface area contributed by atoms with Crippen LogP contribution in [0, 0.1) is 0 Å². The topological polar surface area (TPSA) is 77.7 Å². The normalized spacial score (nSPS) is 13.6. The zero-order chi connectivity index (χ0) is 14.0. The fourth-order valence-electron chi connectivity index (χ4n) is 1.64. The molecule has 0 radical (unpaired) electrons. The molecule has 0 N–H and O–H groups in total. The first-order valence-corrected chi connectivity index (χ1v) is 8.21. The van der Waals surface area contributed by atoms with E-state index >= 15 is 0 Å². The molecule has 19 heavy (non-hydrogen) atoms. The smallest absolute Gasteiger partial charge is 0.306 e. The highest BCUT2D eigenvalue weighted by Crippen LogP contribution is 2.17. The molecule has 2 aromatic rings. The third-order valence-electron chi connectivity index (χ3n) is 2.79. The number of aromatic nitrogens is 2. The summed E-state index contributed by atoms with van der Waals surface area (Å²) in [5.41, 5.74) is 0.489. The molecule has 0 aliphatic rings. The highest BCUT2D eigenvalue weighted by molar-refractivity contribution is 7.91. The average Bonchev–Trinajstić information content (AvgIpc) is 2.88. The van der Waals surface area contributed by atoms with E-state index in [1.807, 2.05) is 11.6 Å². The van der Waals surface area contributed by atoms with Crippen LogP contribution in [-0.2, 0) is 25.1 Å². The Morgan fingerprint density at radius 3 is 2.95 bits per heavy atom. The molecular formula is C11H14N2O4S2. The summed E-state index contributed by atoms with van der Waals surface area (Å²) in [6.07, 6.45) is 3.37. The number of ether oxygens (including phenoxy) is 1. The fourth-order valence-corrected chi connectivity index (χ4v) is 3.58. The number of carbonyl (C=O) groups is 1. The van der Waals surface area contributed by atoms with Crippen molar-refractivity contribution in [2.45, 2.75) is 24.3 Å². The zero-order valence-corrected chi connectivity index (χ0v) is 12.2. The Labute approximate surface area is 114 Å². The van der Waals surface area contributed by atoms with Gasteiger partial charge in [-0.3, -0.25) is 9.20 Å². The van der Waals surface area contributed by atoms with Gasteiger partial charge in [0.15, 0.2) is 14.8 Å². The second-order valence-corrected chi connectivity index (χ2v) is 7.52. The van der Waals surface area contributed by atoms with Gasteiger partial charge < -0.3 is 4.74 Å². The number of nitrogens with zero attached hydrogens (tertiary/aromatic N) is 2. The molecule has 0 saturated carbocycles. The highest BCUT2D eigenvalue weighted by Gasteiger charge is 2.25. The van der Waals surface area contributed by atoms with Crippen LogP contribution in [0.25, 0.3) is 4.96 Å². The molecule has 8 heteroatoms. The Morgan fingerprint density at radius 2 is 2.32 bits per heavy atom. The van der Waals surface area contributed by atoms with Crippen LogP contribution in [0.5, 0.6) is 0 Å². The van der Waals surface area contributed by atoms with Gasteiger partial charge in [0.05, 0.1) is 30.2 Å². The number of fused-ring (bicyclic) bond motifs is 1. The number of hydrogen-bond acceptors (Lipinski definition) is 6. The molecule has 0 aliphatic carbocycles. The van der Waals surface area contributed by atoms with Crippen LogP contribution in [0.2, 0.25) is 0 Å². The summed E-state index contributed by atoms with van der Waals surface area (Å²) in [5, 5.41) is 1.10. The maximum absolute atomic E-state index is 12.1. The summed E-state index contributed by atoms with van der Waals surface area (Å²) in [6.45, 7) is 1.50. The summed E-state index contributed by atoms with van der Waals surface area (Å²) >= 11 is 1.44. The molecule has 0 amide bonds. The molecule has 0 spiro atoms. The molecule has 0 saturated heterocycles. The second kappa shape index (κ2) is 5.30. The molecule has 0 bridgehead atoms. The Bertz CT molecular complexity index is 658. The minimum atomic E-state index is -3.42. The van der Waals surface area contributed by atoms with E-state index in [9.17, 15) is 13.2 Å². The van der Waals surface area contributed by atoms with E-state index in [-0.39, 0.29) is 12.2 Å². The molecule has 2 heterocycles. The molecule has 6 nitrogen and oxygen atoms in total. The molecule has 0 aromatic carbocycles. The van der Waals surface area contributed by atoms with Gasteiger partial charge in [-0.1, -0.05) is 0 Å². The van der Waals surface area contributed by atoms with Gasteiger partial charge >= 0.3 is 5.97 Å². The van der Waals surface area contributed by atoms with Gasteiger partial charge in [-0.2, -0.15) is 0 Å². The first-order chi connectivity index (χ1) is 8.92. The second-order valence-electron chi connectivity index (χ2n) is 4.22. The number of thiazole rings is 1. The van der Waals surface area contributed by atoms with Gasteiger partial charge in [0.2, 0.25) is 0 Å². The summed E-state index contributed by atoms with van der Waals surface area (Å²) in [6, 6.07) is 0. The summed E-state index contributed by atoms with van der Waals surface area (Å²) in [5.74, 6) is -0.693. The van der Waals surface area contributed by atoms with Crippen LogP contribution in [0.15, 0.2) is 17.8 Å². The van der Waals surface area contributed by atoms with E-state index in [0.29, 0.717) is 5.69 Å². The Kier molecular flexibility index (Phi) is 3.91. The predicted octanol–water partition coefficient (Wildman–Crippen LogP) is 1.26. The van der Waals surface area contributed by atoms with Crippen molar-refractivity contribution >= 4 is 32.1 Å². The van der Waals surface area contributed by atoms with Crippen LogP contribution in [0.4, 0.5) is 0 Å². The van der Waals surface area contributed by atoms with Gasteiger partial charge in [0.1, 0.15) is 0 Å². The standard InChI is InChI=1S/C11H14N2O4S2/c1-8(5-10(14)17-2)19(15,16)7-9-6-13-3-4-18-11(13)12-9/h3-4,6,8H,5,7H2,1-2H3. The van der Waals surface area contributed by atoms with Crippen molar-refractivity contribution < 1.29 is 17.9 Å². The third kappa shape index (κ3) is 3.13. The van der Waals surface area contributed by atoms with Crippen LogP contribution in [0.3, 0.4) is 0 Å². The first-order valence-electron chi connectivity index (χ1n) is 5.62. The number of esters is 1. The van der Waals surface area contributed by atoms with Crippen molar-refractivity contribution in [2.24, 2.45) is 0 Å². The maximum atomic E-state index is 12.1. The van der Waals surface area contributed by atoms with Gasteiger partial charge in [-0.05, 0) is 6.92 Å². The lowest BCUT2D eigenvalue weighted by molar-refractivity contribution is -0.140. The van der Waals surface area contributed by atoms with E-state index in [1.54, 1.807) is 10.6 Å². The number of hydrogen-bond donors (Lipinski definition) is 0. The van der Waals surface area contributed by atoms with Crippen LogP contribution >= 0.6 is 11.3 Å². The molecular weight excluding hydrogens is 288 g/mol. The Balaban J connectivity index is 2.12. The van der Waals surface area contributed by atoms with Crippen LogP contribution < -0.4 is 0 Å². The van der Waals surface area contributed by atoms with Crippen molar-refractivity contribution in [1.29, 1.82) is 0 Å². The van der Waals surface area contributed by atoms with Gasteiger partial charge in [-0.15, -0.1) is 11.3 Å². The number of carbonyl (C=O) groups excluding carboxylic acids is 1. The molecule has 2 aromatic heterocycles. The molecule has 1 unspecified atom stereocenters. The van der Waals surface area contributed by atoms with E-state index < -0.39 is 21.1 Å². The average molecular weight is 302 g/mol. The molecule has 2 rings (SSSR count). The lowest BCUT2D eigenvalue weighted by Gasteiger charge is -2.10. The van der Waals surface area contributed by atoms with Crippen LogP contribution in [0.1, 0.15) is 19.0 Å². The van der Waals surface area contributed by atoms with Crippen molar-refractivity contribution in [1.82, 2.24) is 9.38 Å². The van der Waals surface area contributed by atoms with Gasteiger partial charge in [-0.25, -0.2) is 13.4 Å². The zero-order valence-electron chi connectivity index (χ0n) is 10.6. The summed E-state index contributed by atoms with van der Waals surface area (Å²) in [4.78, 5) is 16.1. The van der Waals surface area contributed by atoms with Crippen molar-refractivity contribution in [3.8, 4) is 0 Å². The van der Waals surface area contributed by atoms with Gasteiger partial charge in [0, 0.05) is 17.8 Å². The molecule has 0 aliphatic heterocycles. The lowest BCUT2D eigenvalue weighted by Crippen LogP contribution is -2.23.